The second-order valence-electron chi connectivity index (χ2n) is 5.85. The maximum atomic E-state index is 12.6. The highest BCUT2D eigenvalue weighted by Crippen LogP contribution is 2.23. The summed E-state index contributed by atoms with van der Waals surface area (Å²) in [4.78, 5) is 36.3. The van der Waals surface area contributed by atoms with E-state index in [1.165, 1.54) is 39.5 Å². The number of ether oxygens (including phenoxy) is 3. The predicted octanol–water partition coefficient (Wildman–Crippen LogP) is 2.70. The number of nitrogens with one attached hydrogen (secondary N) is 2. The van der Waals surface area contributed by atoms with Gasteiger partial charge in [0.15, 0.2) is 5.11 Å². The third-order valence-electron chi connectivity index (χ3n) is 3.92. The van der Waals surface area contributed by atoms with E-state index in [9.17, 15) is 14.4 Å². The molecule has 0 radical (unpaired) electrons. The van der Waals surface area contributed by atoms with Gasteiger partial charge in [-0.05, 0) is 49.0 Å². The smallest absolute Gasteiger partial charge is 0.337 e. The summed E-state index contributed by atoms with van der Waals surface area (Å²) in [6.45, 7) is 1.82. The number of benzene rings is 2. The lowest BCUT2D eigenvalue weighted by Crippen LogP contribution is -2.34. The minimum absolute atomic E-state index is 0.0311. The third kappa shape index (κ3) is 5.29. The maximum Gasteiger partial charge on any atom is 0.337 e. The molecule has 0 aromatic heterocycles. The number of para-hydroxylation sites is 1. The molecule has 0 atom stereocenters. The molecule has 0 unspecified atom stereocenters. The zero-order valence-electron chi connectivity index (χ0n) is 16.3. The van der Waals surface area contributed by atoms with Gasteiger partial charge in [-0.2, -0.15) is 0 Å². The quantitative estimate of drug-likeness (QED) is 0.567. The van der Waals surface area contributed by atoms with Gasteiger partial charge in [0.2, 0.25) is 0 Å². The molecule has 0 bridgehead atoms. The molecular weight excluding hydrogens is 396 g/mol. The van der Waals surface area contributed by atoms with Crippen molar-refractivity contribution < 1.29 is 28.6 Å². The van der Waals surface area contributed by atoms with Gasteiger partial charge in [0.25, 0.3) is 5.91 Å². The number of hydrogen-bond donors (Lipinski definition) is 2. The minimum Gasteiger partial charge on any atom is -0.496 e. The fourth-order valence-electron chi connectivity index (χ4n) is 2.61. The second kappa shape index (κ2) is 9.65. The first-order chi connectivity index (χ1) is 13.8. The fourth-order valence-corrected chi connectivity index (χ4v) is 2.82. The van der Waals surface area contributed by atoms with Crippen LogP contribution in [0.15, 0.2) is 36.4 Å². The van der Waals surface area contributed by atoms with Crippen LogP contribution in [0.4, 0.5) is 5.69 Å². The molecule has 2 aromatic rings. The van der Waals surface area contributed by atoms with E-state index >= 15 is 0 Å². The van der Waals surface area contributed by atoms with Gasteiger partial charge < -0.3 is 19.5 Å². The normalized spacial score (nSPS) is 9.93. The summed E-state index contributed by atoms with van der Waals surface area (Å²) in [6.07, 6.45) is 0. The lowest BCUT2D eigenvalue weighted by atomic mass is 10.1. The Kier molecular flexibility index (Phi) is 7.27. The van der Waals surface area contributed by atoms with E-state index in [4.69, 9.17) is 17.0 Å². The Hall–Kier alpha value is -3.46. The average Bonchev–Trinajstić information content (AvgIpc) is 2.71. The second-order valence-corrected chi connectivity index (χ2v) is 6.25. The molecule has 0 aliphatic carbocycles. The van der Waals surface area contributed by atoms with E-state index < -0.39 is 17.8 Å². The summed E-state index contributed by atoms with van der Waals surface area (Å²) in [7, 11) is 3.92. The van der Waals surface area contributed by atoms with Crippen molar-refractivity contribution in [3.8, 4) is 5.75 Å². The number of rotatable bonds is 5. The van der Waals surface area contributed by atoms with Crippen LogP contribution in [0.2, 0.25) is 0 Å². The zero-order chi connectivity index (χ0) is 21.6. The number of carbonyl (C=O) groups is 3. The van der Waals surface area contributed by atoms with Crippen molar-refractivity contribution in [1.82, 2.24) is 5.32 Å². The van der Waals surface area contributed by atoms with Gasteiger partial charge in [0.05, 0.1) is 38.0 Å². The molecule has 152 valence electrons. The SMILES string of the molecule is COC(=O)c1cc(NC(=S)NC(=O)c2cccc(C)c2OC)cc(C(=O)OC)c1. The molecule has 9 heteroatoms. The van der Waals surface area contributed by atoms with Crippen LogP contribution in [-0.2, 0) is 9.47 Å². The lowest BCUT2D eigenvalue weighted by molar-refractivity contribution is 0.0599. The van der Waals surface area contributed by atoms with Crippen molar-refractivity contribution in [2.45, 2.75) is 6.92 Å². The molecule has 0 saturated heterocycles. The zero-order valence-corrected chi connectivity index (χ0v) is 17.1. The Bertz CT molecular complexity index is 939. The lowest BCUT2D eigenvalue weighted by Gasteiger charge is -2.14. The highest BCUT2D eigenvalue weighted by Gasteiger charge is 2.17. The van der Waals surface area contributed by atoms with Crippen LogP contribution in [0.5, 0.6) is 5.75 Å². The highest BCUT2D eigenvalue weighted by molar-refractivity contribution is 7.80. The van der Waals surface area contributed by atoms with E-state index in [1.54, 1.807) is 12.1 Å². The van der Waals surface area contributed by atoms with Crippen molar-refractivity contribution >= 4 is 40.9 Å². The van der Waals surface area contributed by atoms with Crippen molar-refractivity contribution in [1.29, 1.82) is 0 Å². The molecule has 0 saturated carbocycles. The number of amides is 1. The van der Waals surface area contributed by atoms with Gasteiger partial charge in [-0.15, -0.1) is 0 Å². The fraction of sp³-hybridized carbons (Fsp3) is 0.200. The summed E-state index contributed by atoms with van der Waals surface area (Å²) in [5, 5.41) is 5.29. The molecule has 0 fully saturated rings. The summed E-state index contributed by atoms with van der Waals surface area (Å²) >= 11 is 5.18. The van der Waals surface area contributed by atoms with Gasteiger partial charge in [0.1, 0.15) is 5.75 Å². The number of carbonyl (C=O) groups excluding carboxylic acids is 3. The van der Waals surface area contributed by atoms with Crippen molar-refractivity contribution in [3.63, 3.8) is 0 Å². The molecule has 2 rings (SSSR count). The molecule has 1 amide bonds. The molecule has 29 heavy (non-hydrogen) atoms. The van der Waals surface area contributed by atoms with E-state index in [0.29, 0.717) is 17.0 Å². The summed E-state index contributed by atoms with van der Waals surface area (Å²) < 4.78 is 14.7. The van der Waals surface area contributed by atoms with Crippen molar-refractivity contribution in [2.24, 2.45) is 0 Å². The molecule has 0 spiro atoms. The Morgan fingerprint density at radius 3 is 2.03 bits per heavy atom. The topological polar surface area (TPSA) is 103 Å². The molecule has 8 nitrogen and oxygen atoms in total. The molecule has 0 aliphatic heterocycles. The van der Waals surface area contributed by atoms with Crippen LogP contribution in [0.1, 0.15) is 36.6 Å². The summed E-state index contributed by atoms with van der Waals surface area (Å²) in [5.41, 5.74) is 1.65. The molecule has 0 aliphatic rings. The third-order valence-corrected chi connectivity index (χ3v) is 4.12. The van der Waals surface area contributed by atoms with Crippen LogP contribution in [0.3, 0.4) is 0 Å². The van der Waals surface area contributed by atoms with Gasteiger partial charge >= 0.3 is 11.9 Å². The van der Waals surface area contributed by atoms with E-state index in [0.717, 1.165) is 5.56 Å². The Morgan fingerprint density at radius 2 is 1.52 bits per heavy atom. The predicted molar refractivity (Wildman–Crippen MR) is 111 cm³/mol. The van der Waals surface area contributed by atoms with Crippen LogP contribution < -0.4 is 15.4 Å². The van der Waals surface area contributed by atoms with E-state index in [1.807, 2.05) is 13.0 Å². The number of anilines is 1. The Labute approximate surface area is 173 Å². The number of hydrogen-bond acceptors (Lipinski definition) is 7. The summed E-state index contributed by atoms with van der Waals surface area (Å²) in [5.74, 6) is -1.31. The first kappa shape index (κ1) is 21.8. The highest BCUT2D eigenvalue weighted by atomic mass is 32.1. The molecule has 2 N–H and O–H groups in total. The average molecular weight is 416 g/mol. The molecular formula is C20H20N2O6S. The van der Waals surface area contributed by atoms with Gasteiger partial charge in [0, 0.05) is 5.69 Å². The number of esters is 2. The van der Waals surface area contributed by atoms with Crippen LogP contribution in [0.25, 0.3) is 0 Å². The minimum atomic E-state index is -0.641. The largest absolute Gasteiger partial charge is 0.496 e. The summed E-state index contributed by atoms with van der Waals surface area (Å²) in [6, 6.07) is 9.36. The number of thiocarbonyl (C=S) groups is 1. The number of aryl methyl sites for hydroxylation is 1. The first-order valence-corrected chi connectivity index (χ1v) is 8.79. The van der Waals surface area contributed by atoms with Gasteiger partial charge in [-0.25, -0.2) is 9.59 Å². The van der Waals surface area contributed by atoms with Crippen LogP contribution in [0, 0.1) is 6.92 Å². The van der Waals surface area contributed by atoms with Gasteiger partial charge in [-0.3, -0.25) is 10.1 Å². The van der Waals surface area contributed by atoms with Crippen LogP contribution in [-0.4, -0.2) is 44.3 Å². The van der Waals surface area contributed by atoms with Crippen LogP contribution >= 0.6 is 12.2 Å². The van der Waals surface area contributed by atoms with Gasteiger partial charge in [-0.1, -0.05) is 12.1 Å². The first-order valence-electron chi connectivity index (χ1n) is 8.38. The van der Waals surface area contributed by atoms with E-state index in [2.05, 4.69) is 20.1 Å². The monoisotopic (exact) mass is 416 g/mol. The Morgan fingerprint density at radius 1 is 0.931 bits per heavy atom. The maximum absolute atomic E-state index is 12.6. The standard InChI is InChI=1S/C20H20N2O6S/c1-11-6-5-7-15(16(11)26-2)17(23)22-20(29)21-14-9-12(18(24)27-3)8-13(10-14)19(25)28-4/h5-10H,1-4H3,(H2,21,22,23,29). The Balaban J connectivity index is 2.24. The molecule has 2 aromatic carbocycles. The van der Waals surface area contributed by atoms with E-state index in [-0.39, 0.29) is 16.2 Å². The van der Waals surface area contributed by atoms with Crippen molar-refractivity contribution in [3.05, 3.63) is 58.7 Å². The number of methoxy groups -OCH3 is 3. The molecule has 0 heterocycles. The van der Waals surface area contributed by atoms with Crippen molar-refractivity contribution in [2.75, 3.05) is 26.6 Å².